The van der Waals surface area contributed by atoms with E-state index in [-0.39, 0.29) is 23.0 Å². The molecule has 6 nitrogen and oxygen atoms in total. The highest BCUT2D eigenvalue weighted by Crippen LogP contribution is 2.39. The third-order valence-electron chi connectivity index (χ3n) is 4.08. The quantitative estimate of drug-likeness (QED) is 0.861. The smallest absolute Gasteiger partial charge is 0.327 e. The van der Waals surface area contributed by atoms with Crippen LogP contribution >= 0.6 is 11.6 Å². The van der Waals surface area contributed by atoms with E-state index in [1.807, 2.05) is 0 Å². The fourth-order valence-electron chi connectivity index (χ4n) is 2.65. The molecule has 2 rings (SSSR count). The van der Waals surface area contributed by atoms with Crippen LogP contribution in [0, 0.1) is 5.41 Å². The molecule has 1 aliphatic carbocycles. The maximum absolute atomic E-state index is 12.1. The molecule has 1 heterocycles. The number of ether oxygens (including phenoxy) is 1. The largest absolute Gasteiger partial charge is 0.468 e. The minimum Gasteiger partial charge on any atom is -0.468 e. The Balaban J connectivity index is 2.21. The average molecular weight is 314 g/mol. The molecule has 1 fully saturated rings. The van der Waals surface area contributed by atoms with Gasteiger partial charge in [-0.25, -0.2) is 4.68 Å². The first kappa shape index (κ1) is 15.8. The van der Waals surface area contributed by atoms with Gasteiger partial charge in [0.2, 0.25) is 0 Å². The lowest BCUT2D eigenvalue weighted by Crippen LogP contribution is -2.33. The number of hydrogen-bond acceptors (Lipinski definition) is 5. The second-order valence-electron chi connectivity index (χ2n) is 5.99. The van der Waals surface area contributed by atoms with E-state index >= 15 is 0 Å². The number of carbonyl (C=O) groups excluding carboxylic acids is 1. The van der Waals surface area contributed by atoms with Gasteiger partial charge in [-0.1, -0.05) is 31.9 Å². The predicted molar refractivity (Wildman–Crippen MR) is 80.6 cm³/mol. The Labute approximate surface area is 128 Å². The summed E-state index contributed by atoms with van der Waals surface area (Å²) < 4.78 is 5.52. The van der Waals surface area contributed by atoms with Gasteiger partial charge in [0, 0.05) is 6.04 Å². The van der Waals surface area contributed by atoms with Gasteiger partial charge >= 0.3 is 5.97 Å². The van der Waals surface area contributed by atoms with Crippen molar-refractivity contribution in [2.75, 3.05) is 12.4 Å². The Morgan fingerprint density at radius 2 is 2.33 bits per heavy atom. The van der Waals surface area contributed by atoms with Crippen molar-refractivity contribution in [1.82, 2.24) is 9.78 Å². The van der Waals surface area contributed by atoms with Crippen molar-refractivity contribution in [3.63, 3.8) is 0 Å². The molecule has 0 amide bonds. The molecule has 1 aliphatic rings. The molecule has 21 heavy (non-hydrogen) atoms. The maximum Gasteiger partial charge on any atom is 0.327 e. The van der Waals surface area contributed by atoms with Crippen LogP contribution in [0.4, 0.5) is 5.69 Å². The Morgan fingerprint density at radius 1 is 1.62 bits per heavy atom. The number of esters is 1. The van der Waals surface area contributed by atoms with E-state index in [9.17, 15) is 9.59 Å². The van der Waals surface area contributed by atoms with Crippen LogP contribution in [-0.2, 0) is 16.1 Å². The van der Waals surface area contributed by atoms with E-state index in [0.717, 1.165) is 23.9 Å². The first-order valence-electron chi connectivity index (χ1n) is 6.94. The lowest BCUT2D eigenvalue weighted by Gasteiger charge is -2.28. The van der Waals surface area contributed by atoms with Crippen molar-refractivity contribution >= 4 is 23.3 Å². The van der Waals surface area contributed by atoms with Gasteiger partial charge in [0.1, 0.15) is 11.6 Å². The SMILES string of the molecule is COC(=O)Cn1ncc(NC2CCCC2(C)C)c(Cl)c1=O. The van der Waals surface area contributed by atoms with E-state index in [4.69, 9.17) is 11.6 Å². The van der Waals surface area contributed by atoms with Crippen LogP contribution < -0.4 is 10.9 Å². The summed E-state index contributed by atoms with van der Waals surface area (Å²) in [6.07, 6.45) is 4.81. The lowest BCUT2D eigenvalue weighted by atomic mass is 9.87. The van der Waals surface area contributed by atoms with Crippen molar-refractivity contribution in [1.29, 1.82) is 0 Å². The fourth-order valence-corrected chi connectivity index (χ4v) is 2.85. The summed E-state index contributed by atoms with van der Waals surface area (Å²) in [5.74, 6) is -0.543. The Morgan fingerprint density at radius 3 is 2.90 bits per heavy atom. The topological polar surface area (TPSA) is 73.2 Å². The second-order valence-corrected chi connectivity index (χ2v) is 6.37. The average Bonchev–Trinajstić information content (AvgIpc) is 2.77. The van der Waals surface area contributed by atoms with Gasteiger partial charge in [-0.2, -0.15) is 5.10 Å². The number of anilines is 1. The van der Waals surface area contributed by atoms with Crippen LogP contribution in [0.3, 0.4) is 0 Å². The normalized spacial score (nSPS) is 20.3. The summed E-state index contributed by atoms with van der Waals surface area (Å²) in [6, 6.07) is 0.257. The summed E-state index contributed by atoms with van der Waals surface area (Å²) in [6.45, 7) is 4.14. The highest BCUT2D eigenvalue weighted by Gasteiger charge is 2.34. The molecule has 0 bridgehead atoms. The van der Waals surface area contributed by atoms with E-state index in [0.29, 0.717) is 5.69 Å². The molecule has 1 unspecified atom stereocenters. The zero-order chi connectivity index (χ0) is 15.6. The summed E-state index contributed by atoms with van der Waals surface area (Å²) in [4.78, 5) is 23.3. The number of hydrogen-bond donors (Lipinski definition) is 1. The highest BCUT2D eigenvalue weighted by molar-refractivity contribution is 6.32. The van der Waals surface area contributed by atoms with Crippen molar-refractivity contribution in [2.45, 2.75) is 45.7 Å². The van der Waals surface area contributed by atoms with E-state index in [1.54, 1.807) is 0 Å². The number of methoxy groups -OCH3 is 1. The van der Waals surface area contributed by atoms with E-state index in [2.05, 4.69) is 29.0 Å². The van der Waals surface area contributed by atoms with Gasteiger partial charge in [0.25, 0.3) is 5.56 Å². The summed E-state index contributed by atoms with van der Waals surface area (Å²) in [5.41, 5.74) is 0.176. The van der Waals surface area contributed by atoms with E-state index < -0.39 is 11.5 Å². The molecule has 1 atom stereocenters. The molecule has 0 aromatic carbocycles. The number of nitrogens with zero attached hydrogens (tertiary/aromatic N) is 2. The molecular formula is C14H20ClN3O3. The first-order chi connectivity index (χ1) is 9.85. The molecule has 116 valence electrons. The molecule has 0 aliphatic heterocycles. The standard InChI is InChI=1S/C14H20ClN3O3/c1-14(2)6-4-5-10(14)17-9-7-16-18(8-11(19)21-3)13(20)12(9)15/h7,10,17H,4-6,8H2,1-3H3. The first-order valence-corrected chi connectivity index (χ1v) is 7.32. The van der Waals surface area contributed by atoms with Crippen LogP contribution in [0.25, 0.3) is 0 Å². The summed E-state index contributed by atoms with van der Waals surface area (Å²) in [5, 5.41) is 7.34. The van der Waals surface area contributed by atoms with E-state index in [1.165, 1.54) is 13.3 Å². The number of rotatable bonds is 4. The molecular weight excluding hydrogens is 294 g/mol. The summed E-state index contributed by atoms with van der Waals surface area (Å²) in [7, 11) is 1.26. The van der Waals surface area contributed by atoms with Gasteiger partial charge in [-0.15, -0.1) is 0 Å². The number of halogens is 1. The zero-order valence-electron chi connectivity index (χ0n) is 12.5. The van der Waals surface area contributed by atoms with Gasteiger partial charge in [-0.3, -0.25) is 9.59 Å². The minimum atomic E-state index is -0.543. The molecule has 7 heteroatoms. The van der Waals surface area contributed by atoms with Crippen molar-refractivity contribution < 1.29 is 9.53 Å². The molecule has 1 N–H and O–H groups in total. The van der Waals surface area contributed by atoms with Gasteiger partial charge < -0.3 is 10.1 Å². The van der Waals surface area contributed by atoms with Crippen molar-refractivity contribution in [2.24, 2.45) is 5.41 Å². The number of nitrogens with one attached hydrogen (secondary N) is 1. The number of aromatic nitrogens is 2. The van der Waals surface area contributed by atoms with Gasteiger partial charge in [0.15, 0.2) is 0 Å². The third kappa shape index (κ3) is 3.37. The summed E-state index contributed by atoms with van der Waals surface area (Å²) >= 11 is 6.11. The lowest BCUT2D eigenvalue weighted by molar-refractivity contribution is -0.141. The van der Waals surface area contributed by atoms with Crippen LogP contribution in [0.15, 0.2) is 11.0 Å². The predicted octanol–water partition coefficient (Wildman–Crippen LogP) is 2.06. The van der Waals surface area contributed by atoms with Crippen molar-refractivity contribution in [3.05, 3.63) is 21.6 Å². The number of carbonyl (C=O) groups is 1. The van der Waals surface area contributed by atoms with Crippen LogP contribution in [0.5, 0.6) is 0 Å². The molecule has 1 aromatic heterocycles. The monoisotopic (exact) mass is 313 g/mol. The van der Waals surface area contributed by atoms with Crippen molar-refractivity contribution in [3.8, 4) is 0 Å². The zero-order valence-corrected chi connectivity index (χ0v) is 13.2. The Bertz CT molecular complexity index is 598. The highest BCUT2D eigenvalue weighted by atomic mass is 35.5. The molecule has 1 saturated carbocycles. The maximum atomic E-state index is 12.1. The fraction of sp³-hybridized carbons (Fsp3) is 0.643. The molecule has 1 aromatic rings. The Kier molecular flexibility index (Phi) is 4.56. The molecule has 0 radical (unpaired) electrons. The van der Waals surface area contributed by atoms with Gasteiger partial charge in [0.05, 0.1) is 19.0 Å². The Hall–Kier alpha value is -1.56. The third-order valence-corrected chi connectivity index (χ3v) is 4.44. The molecule has 0 saturated heterocycles. The van der Waals surface area contributed by atoms with Crippen LogP contribution in [0.2, 0.25) is 5.02 Å². The van der Waals surface area contributed by atoms with Crippen LogP contribution in [-0.4, -0.2) is 28.9 Å². The van der Waals surface area contributed by atoms with Crippen LogP contribution in [0.1, 0.15) is 33.1 Å². The minimum absolute atomic E-state index is 0.0524. The second kappa shape index (κ2) is 6.05. The van der Waals surface area contributed by atoms with Gasteiger partial charge in [-0.05, 0) is 18.3 Å². The molecule has 0 spiro atoms.